The molecule has 2 heterocycles. The first kappa shape index (κ1) is 19.1. The molecule has 6 heteroatoms. The van der Waals surface area contributed by atoms with Crippen LogP contribution < -0.4 is 10.2 Å². The van der Waals surface area contributed by atoms with Gasteiger partial charge in [-0.3, -0.25) is 9.78 Å². The van der Waals surface area contributed by atoms with Crippen LogP contribution in [-0.4, -0.2) is 35.0 Å². The van der Waals surface area contributed by atoms with Crippen molar-refractivity contribution in [1.82, 2.24) is 20.3 Å². The van der Waals surface area contributed by atoms with E-state index in [1.165, 1.54) is 0 Å². The number of rotatable bonds is 6. The highest BCUT2D eigenvalue weighted by Gasteiger charge is 2.38. The fourth-order valence-corrected chi connectivity index (χ4v) is 3.34. The summed E-state index contributed by atoms with van der Waals surface area (Å²) in [6.45, 7) is 2.66. The van der Waals surface area contributed by atoms with Crippen LogP contribution in [0.25, 0.3) is 22.4 Å². The number of carbonyl (C=O) groups excluding carboxylic acids is 1. The average molecular weight is 387 g/mol. The van der Waals surface area contributed by atoms with Gasteiger partial charge >= 0.3 is 0 Å². The van der Waals surface area contributed by atoms with Crippen LogP contribution in [0, 0.1) is 11.8 Å². The van der Waals surface area contributed by atoms with E-state index in [-0.39, 0.29) is 11.8 Å². The van der Waals surface area contributed by atoms with Gasteiger partial charge in [0.15, 0.2) is 0 Å². The quantitative estimate of drug-likeness (QED) is 0.700. The molecule has 0 unspecified atom stereocenters. The van der Waals surface area contributed by atoms with E-state index in [4.69, 9.17) is 4.98 Å². The van der Waals surface area contributed by atoms with Gasteiger partial charge in [-0.1, -0.05) is 31.2 Å². The van der Waals surface area contributed by atoms with E-state index in [2.05, 4.69) is 22.2 Å². The van der Waals surface area contributed by atoms with Crippen molar-refractivity contribution < 1.29 is 4.79 Å². The maximum atomic E-state index is 12.0. The number of amides is 1. The normalized spacial score (nSPS) is 17.6. The zero-order valence-electron chi connectivity index (χ0n) is 17.0. The van der Waals surface area contributed by atoms with Gasteiger partial charge in [-0.15, -0.1) is 0 Å². The Morgan fingerprint density at radius 1 is 1.10 bits per heavy atom. The second kappa shape index (κ2) is 7.99. The monoisotopic (exact) mass is 387 g/mol. The molecule has 3 aromatic rings. The smallest absolute Gasteiger partial charge is 0.225 e. The van der Waals surface area contributed by atoms with Crippen molar-refractivity contribution in [2.45, 2.75) is 19.9 Å². The highest BCUT2D eigenvalue weighted by atomic mass is 16.2. The topological polar surface area (TPSA) is 71.0 Å². The molecule has 0 aliphatic heterocycles. The molecule has 4 rings (SSSR count). The molecule has 1 aliphatic rings. The molecular formula is C23H25N5O. The summed E-state index contributed by atoms with van der Waals surface area (Å²) in [5.74, 6) is 1.54. The molecule has 1 aromatic carbocycles. The Morgan fingerprint density at radius 2 is 1.79 bits per heavy atom. The first-order valence-electron chi connectivity index (χ1n) is 9.84. The van der Waals surface area contributed by atoms with Crippen LogP contribution in [0.4, 0.5) is 5.95 Å². The van der Waals surface area contributed by atoms with Crippen molar-refractivity contribution in [3.05, 3.63) is 60.6 Å². The number of anilines is 1. The van der Waals surface area contributed by atoms with Gasteiger partial charge in [0.1, 0.15) is 0 Å². The third kappa shape index (κ3) is 4.26. The van der Waals surface area contributed by atoms with Gasteiger partial charge in [0.25, 0.3) is 0 Å². The van der Waals surface area contributed by atoms with Crippen LogP contribution in [0.3, 0.4) is 0 Å². The summed E-state index contributed by atoms with van der Waals surface area (Å²) in [5.41, 5.74) is 4.94. The van der Waals surface area contributed by atoms with E-state index in [0.717, 1.165) is 34.4 Å². The zero-order valence-corrected chi connectivity index (χ0v) is 17.0. The molecule has 1 amide bonds. The lowest BCUT2D eigenvalue weighted by molar-refractivity contribution is -0.122. The number of nitrogens with zero attached hydrogens (tertiary/aromatic N) is 4. The van der Waals surface area contributed by atoms with E-state index >= 15 is 0 Å². The molecule has 0 saturated heterocycles. The molecule has 0 spiro atoms. The summed E-state index contributed by atoms with van der Waals surface area (Å²) < 4.78 is 0. The molecule has 29 heavy (non-hydrogen) atoms. The molecule has 2 atom stereocenters. The van der Waals surface area contributed by atoms with Gasteiger partial charge < -0.3 is 10.2 Å². The van der Waals surface area contributed by atoms with E-state index < -0.39 is 0 Å². The minimum Gasteiger partial charge on any atom is -0.352 e. The standard InChI is InChI=1S/C23H25N5O/c1-15-12-19(15)22(29)25-13-16-4-6-18(7-5-16)21-20(17-8-10-24-11-9-17)14-26-23(27-21)28(2)3/h4-11,14-15,19H,12-13H2,1-3H3,(H,25,29)/t15-,19-/m1/s1. The van der Waals surface area contributed by atoms with Crippen molar-refractivity contribution in [2.75, 3.05) is 19.0 Å². The highest BCUT2D eigenvalue weighted by molar-refractivity contribution is 5.82. The minimum absolute atomic E-state index is 0.160. The van der Waals surface area contributed by atoms with Crippen LogP contribution >= 0.6 is 0 Å². The van der Waals surface area contributed by atoms with E-state index in [1.807, 2.05) is 61.6 Å². The molecule has 0 radical (unpaired) electrons. The van der Waals surface area contributed by atoms with Crippen molar-refractivity contribution in [2.24, 2.45) is 11.8 Å². The largest absolute Gasteiger partial charge is 0.352 e. The van der Waals surface area contributed by atoms with Crippen molar-refractivity contribution in [3.8, 4) is 22.4 Å². The van der Waals surface area contributed by atoms with Crippen LogP contribution in [0.15, 0.2) is 55.0 Å². The lowest BCUT2D eigenvalue weighted by Gasteiger charge is -2.15. The number of carbonyl (C=O) groups is 1. The summed E-state index contributed by atoms with van der Waals surface area (Å²) >= 11 is 0. The molecule has 2 aromatic heterocycles. The maximum Gasteiger partial charge on any atom is 0.225 e. The summed E-state index contributed by atoms with van der Waals surface area (Å²) in [6, 6.07) is 12.1. The van der Waals surface area contributed by atoms with Crippen molar-refractivity contribution in [1.29, 1.82) is 0 Å². The predicted octanol–water partition coefficient (Wildman–Crippen LogP) is 3.54. The molecular weight excluding hydrogens is 362 g/mol. The molecule has 6 nitrogen and oxygen atoms in total. The molecule has 148 valence electrons. The second-order valence-electron chi connectivity index (χ2n) is 7.80. The minimum atomic E-state index is 0.160. The fraction of sp³-hybridized carbons (Fsp3) is 0.304. The Balaban J connectivity index is 1.59. The summed E-state index contributed by atoms with van der Waals surface area (Å²) in [6.07, 6.45) is 6.40. The van der Waals surface area contributed by atoms with E-state index in [9.17, 15) is 4.79 Å². The van der Waals surface area contributed by atoms with Gasteiger partial charge in [0, 0.05) is 56.3 Å². The van der Waals surface area contributed by atoms with Crippen LogP contribution in [0.2, 0.25) is 0 Å². The number of nitrogens with one attached hydrogen (secondary N) is 1. The molecule has 1 fully saturated rings. The van der Waals surface area contributed by atoms with Gasteiger partial charge in [-0.05, 0) is 35.6 Å². The van der Waals surface area contributed by atoms with Gasteiger partial charge in [0.05, 0.1) is 5.69 Å². The summed E-state index contributed by atoms with van der Waals surface area (Å²) in [7, 11) is 3.86. The first-order valence-corrected chi connectivity index (χ1v) is 9.84. The third-order valence-corrected chi connectivity index (χ3v) is 5.31. The highest BCUT2D eigenvalue weighted by Crippen LogP contribution is 2.37. The molecule has 1 aliphatic carbocycles. The van der Waals surface area contributed by atoms with E-state index in [0.29, 0.717) is 18.4 Å². The van der Waals surface area contributed by atoms with Crippen molar-refractivity contribution >= 4 is 11.9 Å². The molecule has 1 N–H and O–H groups in total. The second-order valence-corrected chi connectivity index (χ2v) is 7.80. The maximum absolute atomic E-state index is 12.0. The number of hydrogen-bond donors (Lipinski definition) is 1. The predicted molar refractivity (Wildman–Crippen MR) is 114 cm³/mol. The van der Waals surface area contributed by atoms with Crippen LogP contribution in [-0.2, 0) is 11.3 Å². The fourth-order valence-electron chi connectivity index (χ4n) is 3.34. The van der Waals surface area contributed by atoms with Gasteiger partial charge in [0.2, 0.25) is 11.9 Å². The van der Waals surface area contributed by atoms with Gasteiger partial charge in [-0.25, -0.2) is 9.97 Å². The summed E-state index contributed by atoms with van der Waals surface area (Å²) in [5, 5.41) is 3.03. The number of aromatic nitrogens is 3. The summed E-state index contributed by atoms with van der Waals surface area (Å²) in [4.78, 5) is 27.3. The van der Waals surface area contributed by atoms with Crippen molar-refractivity contribution in [3.63, 3.8) is 0 Å². The van der Waals surface area contributed by atoms with Crippen LogP contribution in [0.1, 0.15) is 18.9 Å². The lowest BCUT2D eigenvalue weighted by Crippen LogP contribution is -2.24. The van der Waals surface area contributed by atoms with E-state index in [1.54, 1.807) is 12.4 Å². The Hall–Kier alpha value is -3.28. The molecule has 0 bridgehead atoms. The first-order chi connectivity index (χ1) is 14.0. The Labute approximate surface area is 171 Å². The number of benzene rings is 1. The van der Waals surface area contributed by atoms with Gasteiger partial charge in [-0.2, -0.15) is 0 Å². The zero-order chi connectivity index (χ0) is 20.4. The average Bonchev–Trinajstić information content (AvgIpc) is 3.49. The number of hydrogen-bond acceptors (Lipinski definition) is 5. The Kier molecular flexibility index (Phi) is 5.25. The molecule has 1 saturated carbocycles. The lowest BCUT2D eigenvalue weighted by atomic mass is 10.0. The van der Waals surface area contributed by atoms with Crippen LogP contribution in [0.5, 0.6) is 0 Å². The number of pyridine rings is 1. The third-order valence-electron chi connectivity index (χ3n) is 5.31. The Bertz CT molecular complexity index is 1000. The SMILES string of the molecule is C[C@@H]1C[C@H]1C(=O)NCc1ccc(-c2nc(N(C)C)ncc2-c2ccncc2)cc1. The Morgan fingerprint density at radius 3 is 2.41 bits per heavy atom.